The molecule has 0 aliphatic heterocycles. The molecule has 0 bridgehead atoms. The normalized spacial score (nSPS) is 11.2. The van der Waals surface area contributed by atoms with Crippen LogP contribution in [0.4, 0.5) is 0 Å². The smallest absolute Gasteiger partial charge is 0.188 e. The van der Waals surface area contributed by atoms with Gasteiger partial charge in [-0.25, -0.2) is 9.97 Å². The summed E-state index contributed by atoms with van der Waals surface area (Å²) in [4.78, 5) is 21.6. The predicted molar refractivity (Wildman–Crippen MR) is 122 cm³/mol. The van der Waals surface area contributed by atoms with Crippen LogP contribution in [0, 0.1) is 0 Å². The van der Waals surface area contributed by atoms with E-state index in [1.54, 1.807) is 12.5 Å². The average Bonchev–Trinajstić information content (AvgIpc) is 3.46. The maximum Gasteiger partial charge on any atom is 0.188 e. The van der Waals surface area contributed by atoms with Gasteiger partial charge in [-0.2, -0.15) is 10.2 Å². The highest BCUT2D eigenvalue weighted by Crippen LogP contribution is 2.25. The van der Waals surface area contributed by atoms with Crippen molar-refractivity contribution in [1.29, 1.82) is 0 Å². The Morgan fingerprint density at radius 3 is 2.75 bits per heavy atom. The number of rotatable bonds is 7. The molecule has 0 saturated carbocycles. The van der Waals surface area contributed by atoms with Crippen LogP contribution in [0.2, 0.25) is 0 Å². The minimum Gasteiger partial charge on any atom is -0.292 e. The van der Waals surface area contributed by atoms with Gasteiger partial charge in [0, 0.05) is 29.3 Å². The molecule has 0 aliphatic rings. The van der Waals surface area contributed by atoms with E-state index in [-0.39, 0.29) is 12.2 Å². The zero-order chi connectivity index (χ0) is 21.9. The number of aryl methyl sites for hydroxylation is 1. The van der Waals surface area contributed by atoms with Crippen LogP contribution in [0.5, 0.6) is 0 Å². The highest BCUT2D eigenvalue weighted by molar-refractivity contribution is 6.07. The van der Waals surface area contributed by atoms with Gasteiger partial charge in [-0.1, -0.05) is 43.3 Å². The van der Waals surface area contributed by atoms with Crippen LogP contribution in [0.3, 0.4) is 0 Å². The van der Waals surface area contributed by atoms with Crippen molar-refractivity contribution in [2.24, 2.45) is 0 Å². The number of hydrogen-bond acceptors (Lipinski definition) is 5. The summed E-state index contributed by atoms with van der Waals surface area (Å²) in [6.45, 7) is 2.74. The fourth-order valence-electron chi connectivity index (χ4n) is 3.76. The number of nitrogens with one attached hydrogen (secondary N) is 1. The molecule has 5 aromatic rings. The largest absolute Gasteiger partial charge is 0.292 e. The first-order valence-electron chi connectivity index (χ1n) is 10.6. The maximum absolute atomic E-state index is 13.0. The van der Waals surface area contributed by atoms with Gasteiger partial charge in [-0.05, 0) is 35.7 Å². The van der Waals surface area contributed by atoms with E-state index in [2.05, 4.69) is 44.3 Å². The zero-order valence-electron chi connectivity index (χ0n) is 17.7. The lowest BCUT2D eigenvalue weighted by Gasteiger charge is -2.03. The highest BCUT2D eigenvalue weighted by atomic mass is 16.1. The molecule has 2 aromatic carbocycles. The van der Waals surface area contributed by atoms with Gasteiger partial charge < -0.3 is 0 Å². The topological polar surface area (TPSA) is 89.4 Å². The molecule has 0 aliphatic carbocycles. The second-order valence-electron chi connectivity index (χ2n) is 7.71. The molecule has 0 spiro atoms. The summed E-state index contributed by atoms with van der Waals surface area (Å²) < 4.78 is 1.85. The number of hydrogen-bond donors (Lipinski definition) is 1. The second kappa shape index (κ2) is 8.55. The monoisotopic (exact) mass is 422 g/mol. The second-order valence-corrected chi connectivity index (χ2v) is 7.71. The molecule has 0 unspecified atom stereocenters. The van der Waals surface area contributed by atoms with Gasteiger partial charge in [0.25, 0.3) is 0 Å². The summed E-state index contributed by atoms with van der Waals surface area (Å²) in [6, 6.07) is 18.0. The minimum atomic E-state index is -0.0430. The first-order chi connectivity index (χ1) is 15.7. The van der Waals surface area contributed by atoms with E-state index in [1.807, 2.05) is 53.3 Å². The number of nitrogens with zero attached hydrogens (tertiary/aromatic N) is 5. The van der Waals surface area contributed by atoms with Gasteiger partial charge in [0.1, 0.15) is 12.0 Å². The molecule has 1 N–H and O–H groups in total. The number of ketones is 1. The Morgan fingerprint density at radius 2 is 1.91 bits per heavy atom. The molecule has 0 amide bonds. The van der Waals surface area contributed by atoms with Gasteiger partial charge in [-0.3, -0.25) is 14.6 Å². The van der Waals surface area contributed by atoms with E-state index in [1.165, 1.54) is 0 Å². The van der Waals surface area contributed by atoms with Crippen molar-refractivity contribution in [3.05, 3.63) is 95.8 Å². The average molecular weight is 422 g/mol. The van der Waals surface area contributed by atoms with E-state index in [4.69, 9.17) is 0 Å². The van der Waals surface area contributed by atoms with Crippen LogP contribution in [0.15, 0.2) is 73.3 Å². The third kappa shape index (κ3) is 4.05. The first kappa shape index (κ1) is 19.8. The third-order valence-electron chi connectivity index (χ3n) is 5.45. The molecule has 7 nitrogen and oxygen atoms in total. The number of carbonyl (C=O) groups excluding carboxylic acids is 1. The summed E-state index contributed by atoms with van der Waals surface area (Å²) in [5.74, 6) is -0.0430. The van der Waals surface area contributed by atoms with Crippen LogP contribution in [0.1, 0.15) is 34.2 Å². The Balaban J connectivity index is 1.34. The van der Waals surface area contributed by atoms with E-state index < -0.39 is 0 Å². The Labute approximate surface area is 185 Å². The van der Waals surface area contributed by atoms with Gasteiger partial charge in [0.15, 0.2) is 5.78 Å². The molecule has 5 rings (SSSR count). The predicted octanol–water partition coefficient (Wildman–Crippen LogP) is 4.25. The van der Waals surface area contributed by atoms with E-state index in [0.29, 0.717) is 12.2 Å². The number of Topliss-reactive ketones (excluding diaryl/α,β-unsaturated/α-hetero) is 1. The minimum absolute atomic E-state index is 0.0430. The van der Waals surface area contributed by atoms with E-state index >= 15 is 0 Å². The molecule has 32 heavy (non-hydrogen) atoms. The maximum atomic E-state index is 13.0. The summed E-state index contributed by atoms with van der Waals surface area (Å²) >= 11 is 0. The van der Waals surface area contributed by atoms with Gasteiger partial charge in [-0.15, -0.1) is 0 Å². The molecule has 0 fully saturated rings. The molecular weight excluding hydrogens is 400 g/mol. The lowest BCUT2D eigenvalue weighted by molar-refractivity contribution is 0.0989. The van der Waals surface area contributed by atoms with Crippen molar-refractivity contribution < 1.29 is 4.79 Å². The van der Waals surface area contributed by atoms with E-state index in [9.17, 15) is 4.79 Å². The Kier molecular flexibility index (Phi) is 5.29. The molecule has 0 atom stereocenters. The Hall–Kier alpha value is -4.13. The SMILES string of the molecule is CCc1cc(-c2ccc3c(C(=O)Cc4cnn(Cc5ccccc5)c4)n[nH]c3c2)ncn1. The van der Waals surface area contributed by atoms with Crippen molar-refractivity contribution in [2.75, 3.05) is 0 Å². The van der Waals surface area contributed by atoms with Crippen LogP contribution >= 0.6 is 0 Å². The van der Waals surface area contributed by atoms with Crippen molar-refractivity contribution >= 4 is 16.7 Å². The first-order valence-corrected chi connectivity index (χ1v) is 10.6. The number of carbonyl (C=O) groups is 1. The molecule has 0 saturated heterocycles. The van der Waals surface area contributed by atoms with Crippen molar-refractivity contribution in [3.8, 4) is 11.3 Å². The van der Waals surface area contributed by atoms with Crippen LogP contribution < -0.4 is 0 Å². The van der Waals surface area contributed by atoms with Crippen molar-refractivity contribution in [1.82, 2.24) is 29.9 Å². The standard InChI is InChI=1S/C25H22N6O/c1-2-20-12-22(27-16-26-20)19-8-9-21-23(11-19)29-30-25(21)24(32)10-18-13-28-31(15-18)14-17-6-4-3-5-7-17/h3-9,11-13,15-16H,2,10,14H2,1H3,(H,29,30). The van der Waals surface area contributed by atoms with E-state index in [0.717, 1.165) is 45.4 Å². The van der Waals surface area contributed by atoms with Crippen LogP contribution in [-0.4, -0.2) is 35.7 Å². The molecule has 3 aromatic heterocycles. The van der Waals surface area contributed by atoms with Crippen molar-refractivity contribution in [3.63, 3.8) is 0 Å². The van der Waals surface area contributed by atoms with Crippen LogP contribution in [0.25, 0.3) is 22.2 Å². The highest BCUT2D eigenvalue weighted by Gasteiger charge is 2.16. The Bertz CT molecular complexity index is 1390. The number of fused-ring (bicyclic) bond motifs is 1. The number of H-pyrrole nitrogens is 1. The zero-order valence-corrected chi connectivity index (χ0v) is 17.7. The number of aromatic amines is 1. The van der Waals surface area contributed by atoms with Crippen molar-refractivity contribution in [2.45, 2.75) is 26.3 Å². The molecule has 158 valence electrons. The molecule has 3 heterocycles. The number of benzene rings is 2. The molecule has 0 radical (unpaired) electrons. The van der Waals surface area contributed by atoms with Gasteiger partial charge in [0.2, 0.25) is 0 Å². The summed E-state index contributed by atoms with van der Waals surface area (Å²) in [6.07, 6.45) is 6.34. The summed E-state index contributed by atoms with van der Waals surface area (Å²) in [5, 5.41) is 12.5. The Morgan fingerprint density at radius 1 is 1.03 bits per heavy atom. The lowest BCUT2D eigenvalue weighted by Crippen LogP contribution is -2.04. The lowest BCUT2D eigenvalue weighted by atomic mass is 10.0. The quantitative estimate of drug-likeness (QED) is 0.396. The fraction of sp³-hybridized carbons (Fsp3) is 0.160. The van der Waals surface area contributed by atoms with Crippen LogP contribution in [-0.2, 0) is 19.4 Å². The summed E-state index contributed by atoms with van der Waals surface area (Å²) in [5.41, 5.74) is 6.08. The number of aromatic nitrogens is 6. The fourth-order valence-corrected chi connectivity index (χ4v) is 3.76. The third-order valence-corrected chi connectivity index (χ3v) is 5.45. The van der Waals surface area contributed by atoms with Gasteiger partial charge in [0.05, 0.1) is 24.0 Å². The van der Waals surface area contributed by atoms with Gasteiger partial charge >= 0.3 is 0 Å². The summed E-state index contributed by atoms with van der Waals surface area (Å²) in [7, 11) is 0. The molecule has 7 heteroatoms. The molecular formula is C25H22N6O.